The van der Waals surface area contributed by atoms with Crippen molar-refractivity contribution < 1.29 is 95.4 Å². The van der Waals surface area contributed by atoms with Gasteiger partial charge in [0.25, 0.3) is 24.3 Å². The standard InChI is InChI=1S/C9H12O8.C4H6O4S.2C2H4O2.Zn/c1-5(10)14-9(15-6(2)11,16-7(3)12)17-8(4)13;1-3(5)7-9-8-4(2)6;2*1-2(3)4;/h1-4H3;1-2H3;2*1H3,(H,3,4);. The maximum atomic E-state index is 10.8. The smallest absolute Gasteiger partial charge is 0.481 e. The molecule has 18 heteroatoms. The summed E-state index contributed by atoms with van der Waals surface area (Å²) in [6, 6.07) is 0. The summed E-state index contributed by atoms with van der Waals surface area (Å²) in [6.07, 6.45) is -2.81. The van der Waals surface area contributed by atoms with Gasteiger partial charge in [-0.3, -0.25) is 38.4 Å². The Bertz CT molecular complexity index is 632. The van der Waals surface area contributed by atoms with Crippen LogP contribution in [0.15, 0.2) is 0 Å². The van der Waals surface area contributed by atoms with Gasteiger partial charge in [-0.15, -0.1) is 0 Å². The van der Waals surface area contributed by atoms with Gasteiger partial charge < -0.3 is 37.5 Å². The molecule has 0 amide bonds. The number of rotatable bonds is 6. The van der Waals surface area contributed by atoms with Gasteiger partial charge in [0, 0.05) is 74.9 Å². The number of hydrogen-bond donors (Lipinski definition) is 2. The molecule has 0 aromatic rings. The summed E-state index contributed by atoms with van der Waals surface area (Å²) in [5.41, 5.74) is 0. The maximum Gasteiger partial charge on any atom is 0.619 e. The second-order valence-electron chi connectivity index (χ2n) is 5.13. The van der Waals surface area contributed by atoms with Gasteiger partial charge in [-0.05, 0) is 0 Å². The van der Waals surface area contributed by atoms with Crippen LogP contribution in [0, 0.1) is 0 Å². The Balaban J connectivity index is -0.000000139. The molecule has 0 atom stereocenters. The first kappa shape index (κ1) is 41.9. The van der Waals surface area contributed by atoms with E-state index in [1.54, 1.807) is 0 Å². The van der Waals surface area contributed by atoms with Gasteiger partial charge >= 0.3 is 42.0 Å². The largest absolute Gasteiger partial charge is 0.619 e. The molecule has 0 aliphatic carbocycles. The van der Waals surface area contributed by atoms with Gasteiger partial charge in [-0.1, -0.05) is 0 Å². The van der Waals surface area contributed by atoms with E-state index >= 15 is 0 Å². The predicted octanol–water partition coefficient (Wildman–Crippen LogP) is 0.705. The van der Waals surface area contributed by atoms with Crippen LogP contribution in [0.1, 0.15) is 55.4 Å². The van der Waals surface area contributed by atoms with E-state index in [2.05, 4.69) is 27.3 Å². The molecular formula is C17H26O16SZn. The normalized spacial score (nSPS) is 8.46. The van der Waals surface area contributed by atoms with E-state index < -0.39 is 53.9 Å². The Morgan fingerprint density at radius 3 is 0.771 bits per heavy atom. The van der Waals surface area contributed by atoms with Crippen LogP contribution >= 0.6 is 12.3 Å². The molecule has 0 bridgehead atoms. The first-order valence-electron chi connectivity index (χ1n) is 8.45. The number of carboxylic acid groups (broad SMARTS) is 2. The summed E-state index contributed by atoms with van der Waals surface area (Å²) in [7, 11) is 0. The number of ether oxygens (including phenoxy) is 4. The Hall–Kier alpha value is -3.27. The summed E-state index contributed by atoms with van der Waals surface area (Å²) < 4.78 is 26.0. The first-order chi connectivity index (χ1) is 15.3. The van der Waals surface area contributed by atoms with E-state index in [4.69, 9.17) is 19.8 Å². The predicted molar refractivity (Wildman–Crippen MR) is 108 cm³/mol. The molecule has 0 aliphatic heterocycles. The van der Waals surface area contributed by atoms with Gasteiger partial charge in [-0.2, -0.15) is 0 Å². The molecule has 0 fully saturated rings. The molecule has 0 aromatic heterocycles. The third-order valence-corrected chi connectivity index (χ3v) is 1.98. The van der Waals surface area contributed by atoms with Crippen LogP contribution in [-0.4, -0.2) is 64.1 Å². The van der Waals surface area contributed by atoms with Crippen molar-refractivity contribution >= 4 is 60.1 Å². The average molecular weight is 584 g/mol. The van der Waals surface area contributed by atoms with E-state index in [-0.39, 0.29) is 19.5 Å². The Morgan fingerprint density at radius 1 is 0.486 bits per heavy atom. The number of aliphatic carboxylic acids is 2. The summed E-state index contributed by atoms with van der Waals surface area (Å²) in [4.78, 5) is 81.2. The van der Waals surface area contributed by atoms with Crippen LogP contribution in [-0.2, 0) is 85.1 Å². The molecule has 0 heterocycles. The van der Waals surface area contributed by atoms with E-state index in [1.165, 1.54) is 13.8 Å². The van der Waals surface area contributed by atoms with Crippen molar-refractivity contribution in [2.45, 2.75) is 61.5 Å². The molecule has 0 rings (SSSR count). The van der Waals surface area contributed by atoms with Gasteiger partial charge in [0.05, 0.1) is 0 Å². The number of carboxylic acids is 2. The van der Waals surface area contributed by atoms with E-state index in [9.17, 15) is 28.8 Å². The zero-order valence-corrected chi connectivity index (χ0v) is 24.0. The van der Waals surface area contributed by atoms with Crippen molar-refractivity contribution in [2.75, 3.05) is 0 Å². The quantitative estimate of drug-likeness (QED) is 0.189. The fourth-order valence-electron chi connectivity index (χ4n) is 0.942. The zero-order chi connectivity index (χ0) is 28.1. The van der Waals surface area contributed by atoms with Crippen molar-refractivity contribution in [1.82, 2.24) is 0 Å². The SMILES string of the molecule is CC(=O)O.CC(=O)O.CC(=O)OC(OC(C)=O)(OC(C)=O)OC(C)=O.CC(=O)OSOC(C)=O.[Zn]. The fourth-order valence-corrected chi connectivity index (χ4v) is 1.17. The number of carbonyl (C=O) groups excluding carboxylic acids is 6. The molecule has 0 saturated carbocycles. The van der Waals surface area contributed by atoms with Gasteiger partial charge in [0.1, 0.15) is 0 Å². The Kier molecular flexibility index (Phi) is 28.6. The third-order valence-electron chi connectivity index (χ3n) is 1.38. The van der Waals surface area contributed by atoms with Crippen molar-refractivity contribution in [3.05, 3.63) is 0 Å². The minimum Gasteiger partial charge on any atom is -0.481 e. The topological polar surface area (TPSA) is 232 Å². The van der Waals surface area contributed by atoms with Crippen LogP contribution in [0.5, 0.6) is 0 Å². The molecule has 0 saturated heterocycles. The van der Waals surface area contributed by atoms with Gasteiger partial charge in [-0.25, -0.2) is 0 Å². The molecule has 0 spiro atoms. The van der Waals surface area contributed by atoms with Crippen LogP contribution < -0.4 is 0 Å². The first-order valence-corrected chi connectivity index (χ1v) is 9.12. The van der Waals surface area contributed by atoms with Crippen molar-refractivity contribution in [3.8, 4) is 0 Å². The Morgan fingerprint density at radius 2 is 0.657 bits per heavy atom. The minimum absolute atomic E-state index is 0. The van der Waals surface area contributed by atoms with Crippen molar-refractivity contribution in [3.63, 3.8) is 0 Å². The Labute approximate surface area is 217 Å². The summed E-state index contributed by atoms with van der Waals surface area (Å²) in [5.74, 6) is -6.58. The summed E-state index contributed by atoms with van der Waals surface area (Å²) in [6.45, 7) is 8.40. The van der Waals surface area contributed by atoms with E-state index in [1.807, 2.05) is 0 Å². The molecule has 35 heavy (non-hydrogen) atoms. The molecular weight excluding hydrogens is 558 g/mol. The van der Waals surface area contributed by atoms with Crippen LogP contribution in [0.4, 0.5) is 0 Å². The van der Waals surface area contributed by atoms with Gasteiger partial charge in [0.15, 0.2) is 0 Å². The molecule has 0 unspecified atom stereocenters. The maximum absolute atomic E-state index is 10.8. The number of esters is 4. The summed E-state index contributed by atoms with van der Waals surface area (Å²) in [5, 5.41) is 14.8. The molecule has 198 valence electrons. The molecule has 2 N–H and O–H groups in total. The molecule has 0 radical (unpaired) electrons. The van der Waals surface area contributed by atoms with Crippen LogP contribution in [0.3, 0.4) is 0 Å². The molecule has 0 aliphatic rings. The second kappa shape index (κ2) is 23.9. The van der Waals surface area contributed by atoms with Crippen LogP contribution in [0.25, 0.3) is 0 Å². The van der Waals surface area contributed by atoms with Gasteiger partial charge in [0.2, 0.25) is 0 Å². The molecule has 0 aromatic carbocycles. The number of hydrogen-bond acceptors (Lipinski definition) is 15. The fraction of sp³-hybridized carbons (Fsp3) is 0.529. The van der Waals surface area contributed by atoms with Crippen molar-refractivity contribution in [2.24, 2.45) is 0 Å². The average Bonchev–Trinajstić information content (AvgIpc) is 2.49. The summed E-state index contributed by atoms with van der Waals surface area (Å²) >= 11 is 0.370. The zero-order valence-electron chi connectivity index (χ0n) is 20.2. The van der Waals surface area contributed by atoms with Crippen LogP contribution in [0.2, 0.25) is 0 Å². The monoisotopic (exact) mass is 582 g/mol. The van der Waals surface area contributed by atoms with Crippen molar-refractivity contribution in [1.29, 1.82) is 0 Å². The minimum atomic E-state index is -2.81. The second-order valence-corrected chi connectivity index (χ2v) is 5.60. The third kappa shape index (κ3) is 49.1. The number of carbonyl (C=O) groups is 8. The van der Waals surface area contributed by atoms with E-state index in [0.717, 1.165) is 41.5 Å². The molecule has 16 nitrogen and oxygen atoms in total. The van der Waals surface area contributed by atoms with E-state index in [0.29, 0.717) is 12.3 Å².